The van der Waals surface area contributed by atoms with Crippen LogP contribution in [0.25, 0.3) is 16.6 Å². The van der Waals surface area contributed by atoms with E-state index in [0.717, 1.165) is 22.2 Å². The molecule has 0 fully saturated rings. The van der Waals surface area contributed by atoms with E-state index in [2.05, 4.69) is 6.07 Å². The van der Waals surface area contributed by atoms with E-state index in [4.69, 9.17) is 14.2 Å². The second-order valence-electron chi connectivity index (χ2n) is 5.77. The number of hydrogen-bond donors (Lipinski definition) is 0. The van der Waals surface area contributed by atoms with Gasteiger partial charge in [0.05, 0.1) is 18.2 Å². The lowest BCUT2D eigenvalue weighted by Crippen LogP contribution is -2.08. The van der Waals surface area contributed by atoms with Crippen molar-refractivity contribution in [2.24, 2.45) is 0 Å². The highest BCUT2D eigenvalue weighted by atomic mass is 16.7. The molecule has 0 saturated heterocycles. The molecule has 0 bridgehead atoms. The van der Waals surface area contributed by atoms with Gasteiger partial charge in [0.1, 0.15) is 17.4 Å². The van der Waals surface area contributed by atoms with Crippen molar-refractivity contribution in [2.45, 2.75) is 6.92 Å². The molecular formula is C20H18N2O4. The molecule has 26 heavy (non-hydrogen) atoms. The SMILES string of the molecule is COCOc1cc(-n2cc(C#N)c3cc(C)ccc32)ccc1C(=O)OC. The maximum absolute atomic E-state index is 12.0. The van der Waals surface area contributed by atoms with E-state index >= 15 is 0 Å². The van der Waals surface area contributed by atoms with Gasteiger partial charge < -0.3 is 18.8 Å². The Balaban J connectivity index is 2.17. The summed E-state index contributed by atoms with van der Waals surface area (Å²) in [6.45, 7) is 1.99. The summed E-state index contributed by atoms with van der Waals surface area (Å²) in [5.41, 5.74) is 3.63. The van der Waals surface area contributed by atoms with Gasteiger partial charge in [-0.05, 0) is 31.2 Å². The number of nitrogens with zero attached hydrogens (tertiary/aromatic N) is 2. The smallest absolute Gasteiger partial charge is 0.341 e. The summed E-state index contributed by atoms with van der Waals surface area (Å²) in [6, 6.07) is 13.3. The second kappa shape index (κ2) is 7.30. The van der Waals surface area contributed by atoms with Crippen LogP contribution >= 0.6 is 0 Å². The average molecular weight is 350 g/mol. The number of ether oxygens (including phenoxy) is 3. The molecule has 0 saturated carbocycles. The van der Waals surface area contributed by atoms with E-state index in [1.807, 2.05) is 29.7 Å². The van der Waals surface area contributed by atoms with Crippen LogP contribution in [0.5, 0.6) is 5.75 Å². The molecule has 3 aromatic rings. The Bertz CT molecular complexity index is 1010. The Kier molecular flexibility index (Phi) is 4.92. The number of rotatable bonds is 5. The lowest BCUT2D eigenvalue weighted by Gasteiger charge is -2.13. The number of hydrogen-bond acceptors (Lipinski definition) is 5. The number of esters is 1. The van der Waals surface area contributed by atoms with Crippen LogP contribution in [0.3, 0.4) is 0 Å². The molecule has 0 spiro atoms. The first-order chi connectivity index (χ1) is 12.6. The minimum absolute atomic E-state index is 0.00249. The van der Waals surface area contributed by atoms with Crippen LogP contribution in [0.2, 0.25) is 0 Å². The number of carbonyl (C=O) groups is 1. The van der Waals surface area contributed by atoms with Crippen LogP contribution in [-0.4, -0.2) is 31.5 Å². The van der Waals surface area contributed by atoms with Gasteiger partial charge in [0.25, 0.3) is 0 Å². The minimum Gasteiger partial charge on any atom is -0.467 e. The van der Waals surface area contributed by atoms with E-state index < -0.39 is 5.97 Å². The lowest BCUT2D eigenvalue weighted by atomic mass is 10.1. The van der Waals surface area contributed by atoms with Gasteiger partial charge in [-0.3, -0.25) is 0 Å². The zero-order chi connectivity index (χ0) is 18.7. The zero-order valence-corrected chi connectivity index (χ0v) is 14.8. The van der Waals surface area contributed by atoms with Crippen LogP contribution in [-0.2, 0) is 9.47 Å². The summed E-state index contributed by atoms with van der Waals surface area (Å²) >= 11 is 0. The van der Waals surface area contributed by atoms with Crippen LogP contribution in [0.15, 0.2) is 42.6 Å². The van der Waals surface area contributed by atoms with Crippen molar-refractivity contribution in [3.63, 3.8) is 0 Å². The molecule has 6 nitrogen and oxygen atoms in total. The highest BCUT2D eigenvalue weighted by Gasteiger charge is 2.16. The van der Waals surface area contributed by atoms with Crippen molar-refractivity contribution in [3.05, 3.63) is 59.3 Å². The van der Waals surface area contributed by atoms with Crippen molar-refractivity contribution in [3.8, 4) is 17.5 Å². The highest BCUT2D eigenvalue weighted by molar-refractivity contribution is 5.93. The van der Waals surface area contributed by atoms with Gasteiger partial charge in [-0.15, -0.1) is 0 Å². The molecule has 0 amide bonds. The molecule has 3 rings (SSSR count). The zero-order valence-electron chi connectivity index (χ0n) is 14.8. The van der Waals surface area contributed by atoms with Crippen LogP contribution in [0.1, 0.15) is 21.5 Å². The Morgan fingerprint density at radius 2 is 2.00 bits per heavy atom. The largest absolute Gasteiger partial charge is 0.467 e. The quantitative estimate of drug-likeness (QED) is 0.519. The van der Waals surface area contributed by atoms with Crippen molar-refractivity contribution in [1.82, 2.24) is 4.57 Å². The van der Waals surface area contributed by atoms with Gasteiger partial charge in [0, 0.05) is 30.4 Å². The molecule has 0 N–H and O–H groups in total. The molecule has 132 valence electrons. The monoisotopic (exact) mass is 350 g/mol. The van der Waals surface area contributed by atoms with E-state index in [-0.39, 0.29) is 6.79 Å². The molecule has 0 aliphatic carbocycles. The second-order valence-corrected chi connectivity index (χ2v) is 5.77. The standard InChI is InChI=1S/C20H18N2O4/c1-13-4-7-18-17(8-13)14(10-21)11-22(18)15-5-6-16(20(23)25-3)19(9-15)26-12-24-2/h4-9,11H,12H2,1-3H3. The van der Waals surface area contributed by atoms with Gasteiger partial charge >= 0.3 is 5.97 Å². The summed E-state index contributed by atoms with van der Waals surface area (Å²) in [6.07, 6.45) is 1.78. The van der Waals surface area contributed by atoms with Crippen molar-refractivity contribution in [2.75, 3.05) is 21.0 Å². The molecule has 0 aliphatic heterocycles. The molecule has 1 aromatic heterocycles. The van der Waals surface area contributed by atoms with Crippen molar-refractivity contribution < 1.29 is 19.0 Å². The summed E-state index contributed by atoms with van der Waals surface area (Å²) in [5.74, 6) is -0.142. The van der Waals surface area contributed by atoms with Crippen LogP contribution in [0.4, 0.5) is 0 Å². The predicted molar refractivity (Wildman–Crippen MR) is 96.6 cm³/mol. The molecule has 0 radical (unpaired) electrons. The third kappa shape index (κ3) is 3.13. The van der Waals surface area contributed by atoms with Gasteiger partial charge in [-0.25, -0.2) is 4.79 Å². The summed E-state index contributed by atoms with van der Waals surface area (Å²) in [5, 5.41) is 10.3. The molecule has 0 atom stereocenters. The molecule has 6 heteroatoms. The Morgan fingerprint density at radius 3 is 2.69 bits per heavy atom. The normalized spacial score (nSPS) is 10.5. The Hall–Kier alpha value is -3.30. The maximum Gasteiger partial charge on any atom is 0.341 e. The molecule has 2 aromatic carbocycles. The van der Waals surface area contributed by atoms with E-state index in [1.165, 1.54) is 14.2 Å². The molecule has 0 unspecified atom stereocenters. The van der Waals surface area contributed by atoms with E-state index in [1.54, 1.807) is 24.4 Å². The van der Waals surface area contributed by atoms with Gasteiger partial charge in [-0.1, -0.05) is 11.6 Å². The van der Waals surface area contributed by atoms with E-state index in [0.29, 0.717) is 16.9 Å². The molecule has 1 heterocycles. The Labute approximate surface area is 151 Å². The van der Waals surface area contributed by atoms with Crippen molar-refractivity contribution in [1.29, 1.82) is 5.26 Å². The fraction of sp³-hybridized carbons (Fsp3) is 0.200. The fourth-order valence-corrected chi connectivity index (χ4v) is 2.83. The number of carbonyl (C=O) groups excluding carboxylic acids is 1. The predicted octanol–water partition coefficient (Wildman–Crippen LogP) is 3.58. The number of benzene rings is 2. The van der Waals surface area contributed by atoms with Crippen LogP contribution < -0.4 is 4.74 Å². The van der Waals surface area contributed by atoms with Crippen LogP contribution in [0, 0.1) is 18.3 Å². The minimum atomic E-state index is -0.492. The summed E-state index contributed by atoms with van der Waals surface area (Å²) in [4.78, 5) is 12.0. The number of aryl methyl sites for hydroxylation is 1. The summed E-state index contributed by atoms with van der Waals surface area (Å²) < 4.78 is 17.2. The number of methoxy groups -OCH3 is 2. The Morgan fingerprint density at radius 1 is 1.19 bits per heavy atom. The number of nitriles is 1. The first-order valence-electron chi connectivity index (χ1n) is 7.95. The number of aromatic nitrogens is 1. The topological polar surface area (TPSA) is 73.5 Å². The molecular weight excluding hydrogens is 332 g/mol. The lowest BCUT2D eigenvalue weighted by molar-refractivity contribution is 0.0465. The first-order valence-corrected chi connectivity index (χ1v) is 7.95. The average Bonchev–Trinajstić information content (AvgIpc) is 3.03. The van der Waals surface area contributed by atoms with E-state index in [9.17, 15) is 10.1 Å². The highest BCUT2D eigenvalue weighted by Crippen LogP contribution is 2.29. The van der Waals surface area contributed by atoms with Gasteiger partial charge in [0.15, 0.2) is 6.79 Å². The number of fused-ring (bicyclic) bond motifs is 1. The fourth-order valence-electron chi connectivity index (χ4n) is 2.83. The first kappa shape index (κ1) is 17.5. The third-order valence-corrected chi connectivity index (χ3v) is 4.06. The third-order valence-electron chi connectivity index (χ3n) is 4.06. The van der Waals surface area contributed by atoms with Crippen molar-refractivity contribution >= 4 is 16.9 Å². The van der Waals surface area contributed by atoms with Gasteiger partial charge in [-0.2, -0.15) is 5.26 Å². The molecule has 0 aliphatic rings. The summed E-state index contributed by atoms with van der Waals surface area (Å²) in [7, 11) is 2.82. The maximum atomic E-state index is 12.0. The van der Waals surface area contributed by atoms with Gasteiger partial charge in [0.2, 0.25) is 0 Å².